The van der Waals surface area contributed by atoms with Crippen LogP contribution in [0.25, 0.3) is 6.08 Å². The van der Waals surface area contributed by atoms with E-state index in [0.29, 0.717) is 0 Å². The standard InChI is InChI=1S/C20H28N2.C2H2O4/c1-2-5-17(6-3-1)7-4-10-21-11-13-22(14-12-21)20-16-18-8-9-19(20)15-18;3-1(4)2(5)6/h1-7,18-20H,8-16H2;(H,3,4)(H,5,6)/b7-4+;. The molecule has 0 radical (unpaired) electrons. The maximum Gasteiger partial charge on any atom is 0.414 e. The molecule has 1 aliphatic heterocycles. The van der Waals surface area contributed by atoms with Crippen molar-refractivity contribution in [3.05, 3.63) is 42.0 Å². The van der Waals surface area contributed by atoms with Gasteiger partial charge >= 0.3 is 11.9 Å². The SMILES string of the molecule is C(=C\c1ccccc1)/CN1CCN(C2CC3CCC2C3)CC1.O=C(O)C(=O)O. The normalized spacial score (nSPS) is 27.5. The number of benzene rings is 1. The van der Waals surface area contributed by atoms with Gasteiger partial charge in [-0.3, -0.25) is 9.80 Å². The van der Waals surface area contributed by atoms with Crippen LogP contribution in [0.15, 0.2) is 36.4 Å². The van der Waals surface area contributed by atoms with E-state index in [-0.39, 0.29) is 0 Å². The van der Waals surface area contributed by atoms with Gasteiger partial charge in [0.1, 0.15) is 0 Å². The highest BCUT2D eigenvalue weighted by atomic mass is 16.4. The molecule has 3 aliphatic rings. The van der Waals surface area contributed by atoms with Gasteiger partial charge in [-0.15, -0.1) is 0 Å². The Kier molecular flexibility index (Phi) is 7.23. The molecule has 2 bridgehead atoms. The minimum Gasteiger partial charge on any atom is -0.473 e. The maximum atomic E-state index is 9.10. The van der Waals surface area contributed by atoms with Crippen molar-refractivity contribution >= 4 is 18.0 Å². The number of rotatable bonds is 4. The lowest BCUT2D eigenvalue weighted by Crippen LogP contribution is -2.51. The van der Waals surface area contributed by atoms with Crippen molar-refractivity contribution < 1.29 is 19.8 Å². The van der Waals surface area contributed by atoms with E-state index < -0.39 is 11.9 Å². The number of hydrogen-bond acceptors (Lipinski definition) is 4. The lowest BCUT2D eigenvalue weighted by molar-refractivity contribution is -0.159. The third-order valence-electron chi connectivity index (χ3n) is 6.23. The second-order valence-corrected chi connectivity index (χ2v) is 8.00. The van der Waals surface area contributed by atoms with E-state index in [0.717, 1.165) is 24.4 Å². The van der Waals surface area contributed by atoms with Crippen molar-refractivity contribution in [3.8, 4) is 0 Å². The highest BCUT2D eigenvalue weighted by Gasteiger charge is 2.42. The summed E-state index contributed by atoms with van der Waals surface area (Å²) in [5.41, 5.74) is 1.31. The van der Waals surface area contributed by atoms with Gasteiger partial charge in [-0.25, -0.2) is 9.59 Å². The van der Waals surface area contributed by atoms with Gasteiger partial charge in [0.15, 0.2) is 0 Å². The molecule has 2 saturated carbocycles. The van der Waals surface area contributed by atoms with Gasteiger partial charge in [0, 0.05) is 38.8 Å². The summed E-state index contributed by atoms with van der Waals surface area (Å²) in [5, 5.41) is 14.8. The smallest absolute Gasteiger partial charge is 0.414 e. The Hall–Kier alpha value is -2.18. The molecule has 1 aromatic carbocycles. The Morgan fingerprint density at radius 3 is 2.18 bits per heavy atom. The molecule has 1 saturated heterocycles. The fourth-order valence-electron chi connectivity index (χ4n) is 4.84. The number of piperazine rings is 1. The summed E-state index contributed by atoms with van der Waals surface area (Å²) in [6, 6.07) is 11.6. The van der Waals surface area contributed by atoms with Crippen LogP contribution in [0.2, 0.25) is 0 Å². The Morgan fingerprint density at radius 1 is 0.964 bits per heavy atom. The minimum absolute atomic E-state index is 0.931. The predicted molar refractivity (Wildman–Crippen MR) is 108 cm³/mol. The highest BCUT2D eigenvalue weighted by Crippen LogP contribution is 2.46. The number of carbonyl (C=O) groups is 2. The molecule has 28 heavy (non-hydrogen) atoms. The number of nitrogens with zero attached hydrogens (tertiary/aromatic N) is 2. The number of carboxylic acids is 2. The summed E-state index contributed by atoms with van der Waals surface area (Å²) in [6.07, 6.45) is 10.6. The van der Waals surface area contributed by atoms with Crippen molar-refractivity contribution in [2.24, 2.45) is 11.8 Å². The molecule has 3 fully saturated rings. The molecule has 0 aromatic heterocycles. The lowest BCUT2D eigenvalue weighted by Gasteiger charge is -2.40. The van der Waals surface area contributed by atoms with E-state index in [1.54, 1.807) is 0 Å². The van der Waals surface area contributed by atoms with E-state index in [2.05, 4.69) is 52.3 Å². The molecule has 152 valence electrons. The summed E-state index contributed by atoms with van der Waals surface area (Å²) in [7, 11) is 0. The summed E-state index contributed by atoms with van der Waals surface area (Å²) in [5.74, 6) is -1.54. The topological polar surface area (TPSA) is 81.1 Å². The molecule has 6 heteroatoms. The zero-order chi connectivity index (χ0) is 19.9. The van der Waals surface area contributed by atoms with Crippen molar-refractivity contribution in [1.29, 1.82) is 0 Å². The Balaban J connectivity index is 0.000000330. The number of fused-ring (bicyclic) bond motifs is 2. The molecular weight excluding hydrogens is 356 g/mol. The van der Waals surface area contributed by atoms with Gasteiger partial charge in [0.2, 0.25) is 0 Å². The van der Waals surface area contributed by atoms with Gasteiger partial charge in [-0.1, -0.05) is 48.9 Å². The Bertz CT molecular complexity index is 671. The van der Waals surface area contributed by atoms with Crippen molar-refractivity contribution in [2.75, 3.05) is 32.7 Å². The quantitative estimate of drug-likeness (QED) is 0.775. The van der Waals surface area contributed by atoms with E-state index in [4.69, 9.17) is 19.8 Å². The third kappa shape index (κ3) is 5.66. The molecule has 1 aromatic rings. The number of hydrogen-bond donors (Lipinski definition) is 2. The summed E-state index contributed by atoms with van der Waals surface area (Å²) >= 11 is 0. The van der Waals surface area contributed by atoms with E-state index in [1.165, 1.54) is 57.4 Å². The number of carboxylic acid groups (broad SMARTS) is 2. The first-order valence-electron chi connectivity index (χ1n) is 10.2. The fraction of sp³-hybridized carbons (Fsp3) is 0.545. The van der Waals surface area contributed by atoms with Gasteiger partial charge in [-0.2, -0.15) is 0 Å². The average molecular weight is 386 g/mol. The van der Waals surface area contributed by atoms with Crippen LogP contribution >= 0.6 is 0 Å². The van der Waals surface area contributed by atoms with Gasteiger partial charge in [-0.05, 0) is 36.7 Å². The van der Waals surface area contributed by atoms with Crippen LogP contribution in [0.4, 0.5) is 0 Å². The maximum absolute atomic E-state index is 9.10. The van der Waals surface area contributed by atoms with Crippen LogP contribution in [0.1, 0.15) is 31.2 Å². The molecule has 3 atom stereocenters. The first-order valence-corrected chi connectivity index (χ1v) is 10.2. The van der Waals surface area contributed by atoms with Crippen molar-refractivity contribution in [2.45, 2.75) is 31.7 Å². The largest absolute Gasteiger partial charge is 0.473 e. The van der Waals surface area contributed by atoms with E-state index >= 15 is 0 Å². The second-order valence-electron chi connectivity index (χ2n) is 8.00. The molecule has 4 rings (SSSR count). The van der Waals surface area contributed by atoms with Gasteiger partial charge in [0.25, 0.3) is 0 Å². The van der Waals surface area contributed by atoms with Crippen LogP contribution in [-0.2, 0) is 9.59 Å². The van der Waals surface area contributed by atoms with Crippen LogP contribution in [0, 0.1) is 11.8 Å². The van der Waals surface area contributed by atoms with Gasteiger partial charge < -0.3 is 10.2 Å². The van der Waals surface area contributed by atoms with Crippen LogP contribution < -0.4 is 0 Å². The third-order valence-corrected chi connectivity index (χ3v) is 6.23. The Morgan fingerprint density at radius 2 is 1.64 bits per heavy atom. The zero-order valence-corrected chi connectivity index (χ0v) is 16.2. The summed E-state index contributed by atoms with van der Waals surface area (Å²) in [6.45, 7) is 6.15. The second kappa shape index (κ2) is 9.85. The Labute approximate surface area is 166 Å². The molecule has 3 unspecified atom stereocenters. The molecule has 1 heterocycles. The summed E-state index contributed by atoms with van der Waals surface area (Å²) in [4.78, 5) is 23.6. The predicted octanol–water partition coefficient (Wildman–Crippen LogP) is 2.66. The van der Waals surface area contributed by atoms with Gasteiger partial charge in [0.05, 0.1) is 0 Å². The van der Waals surface area contributed by atoms with Crippen LogP contribution in [0.3, 0.4) is 0 Å². The van der Waals surface area contributed by atoms with E-state index in [9.17, 15) is 0 Å². The number of aliphatic carboxylic acids is 2. The molecule has 0 amide bonds. The van der Waals surface area contributed by atoms with Crippen LogP contribution in [0.5, 0.6) is 0 Å². The first kappa shape index (κ1) is 20.6. The van der Waals surface area contributed by atoms with Crippen molar-refractivity contribution in [1.82, 2.24) is 9.80 Å². The molecule has 2 N–H and O–H groups in total. The van der Waals surface area contributed by atoms with Crippen LogP contribution in [-0.4, -0.2) is 70.7 Å². The molecule has 6 nitrogen and oxygen atoms in total. The molecule has 2 aliphatic carbocycles. The summed E-state index contributed by atoms with van der Waals surface area (Å²) < 4.78 is 0. The fourth-order valence-corrected chi connectivity index (χ4v) is 4.84. The lowest BCUT2D eigenvalue weighted by atomic mass is 9.93. The minimum atomic E-state index is -1.82. The highest BCUT2D eigenvalue weighted by molar-refractivity contribution is 6.27. The molecule has 0 spiro atoms. The average Bonchev–Trinajstić information content (AvgIpc) is 3.33. The monoisotopic (exact) mass is 386 g/mol. The first-order chi connectivity index (χ1) is 13.5. The zero-order valence-electron chi connectivity index (χ0n) is 16.2. The molecular formula is C22H30N2O4. The van der Waals surface area contributed by atoms with Crippen molar-refractivity contribution in [3.63, 3.8) is 0 Å². The van der Waals surface area contributed by atoms with E-state index in [1.807, 2.05) is 0 Å².